The van der Waals surface area contributed by atoms with Gasteiger partial charge in [-0.05, 0) is 54.1 Å². The third-order valence-electron chi connectivity index (χ3n) is 2.01. The Hall–Kier alpha value is 0.150. The predicted molar refractivity (Wildman–Crippen MR) is 71.3 cm³/mol. The van der Waals surface area contributed by atoms with Gasteiger partial charge >= 0.3 is 0 Å². The number of rotatable bonds is 0. The van der Waals surface area contributed by atoms with Gasteiger partial charge in [0, 0.05) is 3.57 Å². The number of hydrogen-bond acceptors (Lipinski definition) is 1. The highest BCUT2D eigenvalue weighted by Gasteiger charge is 2.07. The molecule has 1 heterocycles. The average Bonchev–Trinajstić information content (AvgIpc) is 2.32. The molecule has 0 saturated carbocycles. The van der Waals surface area contributed by atoms with Crippen molar-refractivity contribution in [3.8, 4) is 0 Å². The maximum Gasteiger partial charge on any atom is 0.115 e. The number of aromatic nitrogens is 2. The summed E-state index contributed by atoms with van der Waals surface area (Å²) in [5.74, 6) is 1.06. The van der Waals surface area contributed by atoms with E-state index in [-0.39, 0.29) is 0 Å². The fourth-order valence-electron chi connectivity index (χ4n) is 1.39. The van der Waals surface area contributed by atoms with E-state index < -0.39 is 0 Å². The van der Waals surface area contributed by atoms with Crippen LogP contribution in [-0.2, 0) is 0 Å². The van der Waals surface area contributed by atoms with E-state index in [2.05, 4.69) is 72.3 Å². The lowest BCUT2D eigenvalue weighted by atomic mass is 10.2. The van der Waals surface area contributed by atoms with E-state index in [0.29, 0.717) is 0 Å². The number of aryl methyl sites for hydroxylation is 2. The van der Waals surface area contributed by atoms with Crippen LogP contribution in [0.2, 0.25) is 0 Å². The Balaban J connectivity index is 2.94. The van der Waals surface area contributed by atoms with Crippen molar-refractivity contribution >= 4 is 56.5 Å². The van der Waals surface area contributed by atoms with E-state index in [1.807, 2.05) is 6.92 Å². The standard InChI is InChI=1S/C9H8I2N2/c1-5-3-7(10)4-8-9(5)12-6(2)13(8)11/h3-4H,1-2H3. The molecule has 0 aliphatic carbocycles. The minimum atomic E-state index is 1.06. The lowest BCUT2D eigenvalue weighted by Crippen LogP contribution is -1.82. The number of nitrogens with zero attached hydrogens (tertiary/aromatic N) is 2. The van der Waals surface area contributed by atoms with Gasteiger partial charge in [-0.25, -0.2) is 4.98 Å². The summed E-state index contributed by atoms with van der Waals surface area (Å²) in [5.41, 5.74) is 3.58. The van der Waals surface area contributed by atoms with Crippen LogP contribution >= 0.6 is 45.5 Å². The zero-order chi connectivity index (χ0) is 9.59. The summed E-state index contributed by atoms with van der Waals surface area (Å²) >= 11 is 4.62. The minimum absolute atomic E-state index is 1.06. The first-order valence-corrected chi connectivity index (χ1v) is 5.95. The molecule has 0 spiro atoms. The van der Waals surface area contributed by atoms with Gasteiger partial charge in [0.2, 0.25) is 0 Å². The molecule has 0 saturated heterocycles. The van der Waals surface area contributed by atoms with E-state index in [4.69, 9.17) is 0 Å². The third kappa shape index (κ3) is 1.58. The van der Waals surface area contributed by atoms with Crippen molar-refractivity contribution in [3.05, 3.63) is 27.1 Å². The Labute approximate surface area is 104 Å². The number of halogens is 2. The monoisotopic (exact) mass is 398 g/mol. The lowest BCUT2D eigenvalue weighted by Gasteiger charge is -1.97. The zero-order valence-electron chi connectivity index (χ0n) is 7.31. The molecule has 2 rings (SSSR count). The van der Waals surface area contributed by atoms with Crippen molar-refractivity contribution in [2.45, 2.75) is 13.8 Å². The van der Waals surface area contributed by atoms with Crippen molar-refractivity contribution in [1.29, 1.82) is 0 Å². The second kappa shape index (κ2) is 3.38. The Morgan fingerprint density at radius 2 is 2.00 bits per heavy atom. The molecule has 0 radical (unpaired) electrons. The Morgan fingerprint density at radius 1 is 1.31 bits per heavy atom. The number of hydrogen-bond donors (Lipinski definition) is 0. The smallest absolute Gasteiger partial charge is 0.115 e. The summed E-state index contributed by atoms with van der Waals surface area (Å²) in [6.45, 7) is 4.13. The zero-order valence-corrected chi connectivity index (χ0v) is 11.6. The van der Waals surface area contributed by atoms with Crippen LogP contribution < -0.4 is 0 Å². The molecule has 2 aromatic rings. The Kier molecular flexibility index (Phi) is 2.52. The highest BCUT2D eigenvalue weighted by Crippen LogP contribution is 2.24. The van der Waals surface area contributed by atoms with Crippen molar-refractivity contribution in [3.63, 3.8) is 0 Å². The highest BCUT2D eigenvalue weighted by atomic mass is 127. The fraction of sp³-hybridized carbons (Fsp3) is 0.222. The predicted octanol–water partition coefficient (Wildman–Crippen LogP) is 3.46. The largest absolute Gasteiger partial charge is 0.268 e. The van der Waals surface area contributed by atoms with Crippen LogP contribution in [0.15, 0.2) is 12.1 Å². The van der Waals surface area contributed by atoms with Gasteiger partial charge in [0.05, 0.1) is 33.9 Å². The van der Waals surface area contributed by atoms with Gasteiger partial charge in [0.15, 0.2) is 0 Å². The minimum Gasteiger partial charge on any atom is -0.268 e. The number of imidazole rings is 1. The van der Waals surface area contributed by atoms with Gasteiger partial charge in [-0.1, -0.05) is 0 Å². The first-order chi connectivity index (χ1) is 6.09. The normalized spacial score (nSPS) is 11.1. The maximum atomic E-state index is 4.51. The van der Waals surface area contributed by atoms with Gasteiger partial charge in [0.1, 0.15) is 5.82 Å². The summed E-state index contributed by atoms with van der Waals surface area (Å²) in [4.78, 5) is 4.51. The summed E-state index contributed by atoms with van der Waals surface area (Å²) < 4.78 is 3.36. The molecular weight excluding hydrogens is 390 g/mol. The molecule has 0 bridgehead atoms. The number of benzene rings is 1. The molecule has 68 valence electrons. The van der Waals surface area contributed by atoms with Gasteiger partial charge in [-0.15, -0.1) is 0 Å². The van der Waals surface area contributed by atoms with Crippen LogP contribution in [0, 0.1) is 17.4 Å². The van der Waals surface area contributed by atoms with E-state index >= 15 is 0 Å². The van der Waals surface area contributed by atoms with Crippen LogP contribution in [0.1, 0.15) is 11.4 Å². The van der Waals surface area contributed by atoms with Gasteiger partial charge in [-0.3, -0.25) is 2.78 Å². The second-order valence-corrected chi connectivity index (χ2v) is 5.24. The molecule has 13 heavy (non-hydrogen) atoms. The quantitative estimate of drug-likeness (QED) is 0.622. The molecule has 0 amide bonds. The van der Waals surface area contributed by atoms with Crippen LogP contribution in [-0.4, -0.2) is 7.76 Å². The summed E-state index contributed by atoms with van der Waals surface area (Å²) in [6.07, 6.45) is 0. The van der Waals surface area contributed by atoms with Crippen molar-refractivity contribution in [1.82, 2.24) is 7.76 Å². The average molecular weight is 398 g/mol. The summed E-state index contributed by atoms with van der Waals surface area (Å²) in [7, 11) is 0. The SMILES string of the molecule is Cc1cc(I)cc2c1nc(C)n2I. The van der Waals surface area contributed by atoms with E-state index in [1.54, 1.807) is 0 Å². The topological polar surface area (TPSA) is 17.8 Å². The molecule has 0 atom stereocenters. The first-order valence-electron chi connectivity index (χ1n) is 3.91. The molecule has 0 aliphatic heterocycles. The van der Waals surface area contributed by atoms with Crippen LogP contribution in [0.4, 0.5) is 0 Å². The number of fused-ring (bicyclic) bond motifs is 1. The molecule has 0 fully saturated rings. The van der Waals surface area contributed by atoms with Crippen molar-refractivity contribution < 1.29 is 0 Å². The molecule has 1 aromatic carbocycles. The summed E-state index contributed by atoms with van der Waals surface area (Å²) in [5, 5.41) is 0. The third-order valence-corrected chi connectivity index (χ3v) is 3.86. The molecule has 1 aromatic heterocycles. The molecule has 0 unspecified atom stereocenters. The Bertz CT molecular complexity index is 474. The van der Waals surface area contributed by atoms with Gasteiger partial charge in [-0.2, -0.15) is 0 Å². The van der Waals surface area contributed by atoms with E-state index in [0.717, 1.165) is 11.3 Å². The van der Waals surface area contributed by atoms with Gasteiger partial charge < -0.3 is 0 Å². The highest BCUT2D eigenvalue weighted by molar-refractivity contribution is 14.1. The van der Waals surface area contributed by atoms with Crippen LogP contribution in [0.25, 0.3) is 11.0 Å². The van der Waals surface area contributed by atoms with Crippen molar-refractivity contribution in [2.24, 2.45) is 0 Å². The maximum absolute atomic E-state index is 4.51. The van der Waals surface area contributed by atoms with Crippen LogP contribution in [0.5, 0.6) is 0 Å². The molecule has 0 aliphatic rings. The second-order valence-electron chi connectivity index (χ2n) is 3.03. The molecule has 2 nitrogen and oxygen atoms in total. The van der Waals surface area contributed by atoms with Gasteiger partial charge in [0.25, 0.3) is 0 Å². The molecular formula is C9H8I2N2. The van der Waals surface area contributed by atoms with E-state index in [1.165, 1.54) is 14.7 Å². The lowest BCUT2D eigenvalue weighted by molar-refractivity contribution is 1.15. The van der Waals surface area contributed by atoms with Crippen LogP contribution in [0.3, 0.4) is 0 Å². The van der Waals surface area contributed by atoms with Crippen molar-refractivity contribution in [2.75, 3.05) is 0 Å². The fourth-order valence-corrected chi connectivity index (χ4v) is 2.63. The van der Waals surface area contributed by atoms with E-state index in [9.17, 15) is 0 Å². The first kappa shape index (κ1) is 9.70. The molecule has 0 N–H and O–H groups in total. The Morgan fingerprint density at radius 3 is 2.69 bits per heavy atom. The summed E-state index contributed by atoms with van der Waals surface area (Å²) in [6, 6.07) is 4.32. The molecule has 4 heteroatoms.